The summed E-state index contributed by atoms with van der Waals surface area (Å²) in [4.78, 5) is 6.19. The third-order valence-corrected chi connectivity index (χ3v) is 25.8. The molecule has 0 atom stereocenters. The van der Waals surface area contributed by atoms with E-state index in [0.29, 0.717) is 13.0 Å². The lowest BCUT2D eigenvalue weighted by Crippen LogP contribution is -1.82. The average molecular weight is 840 g/mol. The van der Waals surface area contributed by atoms with Crippen molar-refractivity contribution in [2.45, 2.75) is 6.42 Å². The van der Waals surface area contributed by atoms with Crippen LogP contribution in [0.25, 0.3) is 4.85 Å². The molecule has 220 valence electrons. The smallest absolute Gasteiger partial charge is 0.224 e. The first kappa shape index (κ1) is 36.8. The van der Waals surface area contributed by atoms with E-state index in [2.05, 4.69) is 48.7 Å². The van der Waals surface area contributed by atoms with Gasteiger partial charge in [-0.05, 0) is 12.5 Å². The summed E-state index contributed by atoms with van der Waals surface area (Å²) in [6.07, 6.45) is 4.87. The van der Waals surface area contributed by atoms with Crippen molar-refractivity contribution in [3.8, 4) is 6.07 Å². The summed E-state index contributed by atoms with van der Waals surface area (Å²) in [6.45, 7) is 7.75. The Kier molecular flexibility index (Phi) is 17.7. The number of thiol groups is 2. The van der Waals surface area contributed by atoms with E-state index < -0.39 is 0 Å². The molecule has 0 aromatic heterocycles. The summed E-state index contributed by atoms with van der Waals surface area (Å²) in [5, 5.41) is 10.0. The summed E-state index contributed by atoms with van der Waals surface area (Å²) in [7, 11) is 0. The van der Waals surface area contributed by atoms with E-state index in [1.165, 1.54) is 52.2 Å². The highest BCUT2D eigenvalue weighted by Crippen LogP contribution is 2.67. The Hall–Kier alpha value is 3.02. The van der Waals surface area contributed by atoms with Crippen LogP contribution >= 0.6 is 190 Å². The molecule has 4 aliphatic heterocycles. The fraction of sp³-hybridized carbons (Fsp3) is 0.391. The van der Waals surface area contributed by atoms with E-state index in [-0.39, 0.29) is 0 Å². The third kappa shape index (κ3) is 10.5. The predicted molar refractivity (Wildman–Crippen MR) is 224 cm³/mol. The minimum Gasteiger partial charge on any atom is -0.316 e. The molecule has 0 bridgehead atoms. The SMILES string of the molecule is [C-]#[N+]CCSC1=C(SCSC2=C(SCCC#N)SC(=C3SC(CS)=C(CS)S3)S2)SC(=C2SC(SC)=C(SC)S2)S1. The van der Waals surface area contributed by atoms with Gasteiger partial charge in [-0.15, -0.1) is 70.6 Å². The van der Waals surface area contributed by atoms with Crippen LogP contribution in [-0.4, -0.2) is 47.2 Å². The molecule has 0 amide bonds. The Morgan fingerprint density at radius 2 is 1.07 bits per heavy atom. The van der Waals surface area contributed by atoms with Crippen molar-refractivity contribution in [2.24, 2.45) is 0 Å². The normalized spacial score (nSPS) is 19.6. The van der Waals surface area contributed by atoms with Crippen molar-refractivity contribution in [2.75, 3.05) is 47.2 Å². The highest BCUT2D eigenvalue weighted by atomic mass is 32.3. The van der Waals surface area contributed by atoms with Gasteiger partial charge in [0.15, 0.2) is 0 Å². The van der Waals surface area contributed by atoms with Crippen LogP contribution in [0.2, 0.25) is 0 Å². The van der Waals surface area contributed by atoms with Gasteiger partial charge >= 0.3 is 0 Å². The van der Waals surface area contributed by atoms with Gasteiger partial charge in [0.2, 0.25) is 6.54 Å². The van der Waals surface area contributed by atoms with E-state index in [1.807, 2.05) is 165 Å². The van der Waals surface area contributed by atoms with Gasteiger partial charge in [-0.3, -0.25) is 0 Å². The van der Waals surface area contributed by atoms with Crippen molar-refractivity contribution in [1.82, 2.24) is 0 Å². The maximum absolute atomic E-state index is 9.09. The second-order valence-corrected chi connectivity index (χ2v) is 24.9. The molecule has 0 N–H and O–H groups in total. The molecule has 0 spiro atoms. The van der Waals surface area contributed by atoms with Gasteiger partial charge < -0.3 is 4.85 Å². The Balaban J connectivity index is 1.43. The molecule has 0 saturated carbocycles. The molecule has 4 aliphatic rings. The van der Waals surface area contributed by atoms with Gasteiger partial charge in [-0.2, -0.15) is 30.5 Å². The van der Waals surface area contributed by atoms with Gasteiger partial charge in [-0.25, -0.2) is 6.57 Å². The number of hydrogen-bond donors (Lipinski definition) is 2. The minimum absolute atomic E-state index is 0.548. The van der Waals surface area contributed by atoms with Crippen LogP contribution in [-0.2, 0) is 0 Å². The quantitative estimate of drug-likeness (QED) is 0.0752. The first-order chi connectivity index (χ1) is 20.0. The van der Waals surface area contributed by atoms with Gasteiger partial charge in [0, 0.05) is 38.6 Å². The molecule has 0 saturated heterocycles. The van der Waals surface area contributed by atoms with Gasteiger partial charge in [0.1, 0.15) is 0 Å². The molecule has 0 fully saturated rings. The summed E-state index contributed by atoms with van der Waals surface area (Å²) >= 11 is 35.2. The van der Waals surface area contributed by atoms with Crippen molar-refractivity contribution in [1.29, 1.82) is 5.26 Å². The van der Waals surface area contributed by atoms with Crippen LogP contribution in [0.1, 0.15) is 6.42 Å². The molecular weight excluding hydrogens is 817 g/mol. The minimum atomic E-state index is 0.548. The molecule has 0 aromatic carbocycles. The second-order valence-electron chi connectivity index (χ2n) is 7.16. The first-order valence-electron chi connectivity index (χ1n) is 11.4. The summed E-state index contributed by atoms with van der Waals surface area (Å²) in [6, 6.07) is 2.29. The monoisotopic (exact) mass is 838 g/mol. The van der Waals surface area contributed by atoms with Crippen LogP contribution in [0.15, 0.2) is 52.2 Å². The Morgan fingerprint density at radius 3 is 1.49 bits per heavy atom. The summed E-state index contributed by atoms with van der Waals surface area (Å²) < 4.78 is 13.6. The molecule has 0 radical (unpaired) electrons. The number of rotatable bonds is 14. The van der Waals surface area contributed by atoms with E-state index in [4.69, 9.17) is 11.8 Å². The van der Waals surface area contributed by atoms with Gasteiger partial charge in [-0.1, -0.05) is 94.1 Å². The van der Waals surface area contributed by atoms with Crippen LogP contribution < -0.4 is 0 Å². The zero-order valence-electron chi connectivity index (χ0n) is 21.5. The largest absolute Gasteiger partial charge is 0.316 e. The third-order valence-electron chi connectivity index (χ3n) is 4.61. The number of thioether (sulfide) groups is 14. The highest BCUT2D eigenvalue weighted by molar-refractivity contribution is 8.47. The lowest BCUT2D eigenvalue weighted by molar-refractivity contribution is 1.24. The van der Waals surface area contributed by atoms with Crippen LogP contribution in [0.3, 0.4) is 0 Å². The van der Waals surface area contributed by atoms with E-state index in [1.54, 1.807) is 0 Å². The van der Waals surface area contributed by atoms with E-state index in [9.17, 15) is 0 Å². The number of nitriles is 1. The molecule has 41 heavy (non-hydrogen) atoms. The average Bonchev–Trinajstić information content (AvgIpc) is 3.77. The fourth-order valence-corrected chi connectivity index (χ4v) is 24.0. The second kappa shape index (κ2) is 19.7. The van der Waals surface area contributed by atoms with Crippen molar-refractivity contribution in [3.05, 3.63) is 63.6 Å². The van der Waals surface area contributed by atoms with Crippen molar-refractivity contribution < 1.29 is 0 Å². The van der Waals surface area contributed by atoms with Crippen molar-refractivity contribution >= 4 is 190 Å². The van der Waals surface area contributed by atoms with Gasteiger partial charge in [0.25, 0.3) is 0 Å². The van der Waals surface area contributed by atoms with Crippen molar-refractivity contribution in [3.63, 3.8) is 0 Å². The topological polar surface area (TPSA) is 28.1 Å². The lowest BCUT2D eigenvalue weighted by atomic mass is 10.6. The Labute approximate surface area is 314 Å². The molecule has 0 aliphatic carbocycles. The van der Waals surface area contributed by atoms with Crippen LogP contribution in [0, 0.1) is 17.9 Å². The highest BCUT2D eigenvalue weighted by Gasteiger charge is 2.32. The van der Waals surface area contributed by atoms with Gasteiger partial charge in [0.05, 0.1) is 54.2 Å². The maximum Gasteiger partial charge on any atom is 0.224 e. The lowest BCUT2D eigenvalue weighted by Gasteiger charge is -2.06. The van der Waals surface area contributed by atoms with Crippen LogP contribution in [0.5, 0.6) is 0 Å². The van der Waals surface area contributed by atoms with Crippen LogP contribution in [0.4, 0.5) is 0 Å². The Bertz CT molecular complexity index is 1160. The zero-order chi connectivity index (χ0) is 29.2. The summed E-state index contributed by atoms with van der Waals surface area (Å²) in [5.74, 6) is 3.14. The molecule has 18 heteroatoms. The molecule has 0 unspecified atom stereocenters. The number of nitrogens with zero attached hydrogens (tertiary/aromatic N) is 2. The molecule has 2 nitrogen and oxygen atoms in total. The summed E-state index contributed by atoms with van der Waals surface area (Å²) in [5.41, 5.74) is 0. The molecule has 4 heterocycles. The molecular formula is C23H22N2S16. The van der Waals surface area contributed by atoms with E-state index in [0.717, 1.165) is 28.1 Å². The standard InChI is InChI=1S/C23H22N2S16/c1-25-6-8-31-17-19(41-23(39-17)22-36-14(28-2)15(29-3)37-22)33-11-32-18-16(30-7-4-5-24)38-21(40-18)20-34-12(9-26)13(10-27)35-20/h26-27H,4,6-11H2,2-3H3. The zero-order valence-corrected chi connectivity index (χ0v) is 34.7. The molecule has 4 rings (SSSR count). The number of hydrogen-bond acceptors (Lipinski definition) is 17. The predicted octanol–water partition coefficient (Wildman–Crippen LogP) is 13.1. The first-order valence-corrected chi connectivity index (χ1v) is 25.6. The fourth-order valence-electron chi connectivity index (χ4n) is 2.86. The molecule has 0 aromatic rings. The Morgan fingerprint density at radius 1 is 0.659 bits per heavy atom. The van der Waals surface area contributed by atoms with E-state index >= 15 is 0 Å². The maximum atomic E-state index is 9.09.